The average molecular weight is 265 g/mol. The molecule has 0 spiro atoms. The summed E-state index contributed by atoms with van der Waals surface area (Å²) in [7, 11) is 0. The smallest absolute Gasteiger partial charge is 0.304 e. The highest BCUT2D eigenvalue weighted by atomic mass is 32.2. The number of hydrogen-bond acceptors (Lipinski definition) is 4. The fraction of sp³-hybridized carbons (Fsp3) is 0.167. The number of benzene rings is 1. The van der Waals surface area contributed by atoms with E-state index >= 15 is 0 Å². The molecule has 1 heterocycles. The topological polar surface area (TPSA) is 50.2 Å². The third kappa shape index (κ3) is 3.57. The number of hydrogen-bond donors (Lipinski definition) is 1. The summed E-state index contributed by atoms with van der Waals surface area (Å²) in [5.41, 5.74) is 2.04. The maximum Gasteiger partial charge on any atom is 0.304 e. The summed E-state index contributed by atoms with van der Waals surface area (Å²) in [6, 6.07) is 9.96. The van der Waals surface area contributed by atoms with E-state index < -0.39 is 5.97 Å². The van der Waals surface area contributed by atoms with Gasteiger partial charge in [0.05, 0.1) is 12.1 Å². The van der Waals surface area contributed by atoms with Gasteiger partial charge in [-0.25, -0.2) is 4.98 Å². The number of aliphatic carboxylic acids is 1. The lowest BCUT2D eigenvalue weighted by molar-refractivity contribution is -0.136. The molecule has 1 aromatic carbocycles. The summed E-state index contributed by atoms with van der Waals surface area (Å²) < 4.78 is 0.921. The maximum absolute atomic E-state index is 10.4. The van der Waals surface area contributed by atoms with Crippen LogP contribution in [-0.2, 0) is 4.79 Å². The van der Waals surface area contributed by atoms with Crippen LogP contribution < -0.4 is 0 Å². The van der Waals surface area contributed by atoms with Crippen LogP contribution in [0.3, 0.4) is 0 Å². The van der Waals surface area contributed by atoms with Gasteiger partial charge in [0.15, 0.2) is 4.34 Å². The second-order valence-corrected chi connectivity index (χ2v) is 5.56. The highest BCUT2D eigenvalue weighted by Gasteiger charge is 2.05. The van der Waals surface area contributed by atoms with E-state index in [1.807, 2.05) is 35.7 Å². The number of carboxylic acids is 1. The van der Waals surface area contributed by atoms with Crippen molar-refractivity contribution in [1.29, 1.82) is 0 Å². The van der Waals surface area contributed by atoms with Gasteiger partial charge >= 0.3 is 5.97 Å². The molecule has 0 radical (unpaired) electrons. The predicted octanol–water partition coefficient (Wildman–Crippen LogP) is 3.38. The van der Waals surface area contributed by atoms with E-state index in [9.17, 15) is 4.79 Å². The van der Waals surface area contributed by atoms with Crippen molar-refractivity contribution in [3.63, 3.8) is 0 Å². The minimum atomic E-state index is -0.766. The molecule has 1 N–H and O–H groups in total. The van der Waals surface area contributed by atoms with Crippen LogP contribution in [0.5, 0.6) is 0 Å². The van der Waals surface area contributed by atoms with Crippen molar-refractivity contribution < 1.29 is 9.90 Å². The highest BCUT2D eigenvalue weighted by molar-refractivity contribution is 8.01. The number of aromatic nitrogens is 1. The summed E-state index contributed by atoms with van der Waals surface area (Å²) in [5.74, 6) is -0.200. The first-order chi connectivity index (χ1) is 8.25. The Morgan fingerprint density at radius 2 is 2.12 bits per heavy atom. The van der Waals surface area contributed by atoms with E-state index in [0.29, 0.717) is 5.75 Å². The first kappa shape index (κ1) is 12.1. The lowest BCUT2D eigenvalue weighted by Gasteiger charge is -1.95. The Hall–Kier alpha value is -1.33. The van der Waals surface area contributed by atoms with Crippen LogP contribution in [0.2, 0.25) is 0 Å². The molecule has 0 amide bonds. The van der Waals surface area contributed by atoms with Crippen molar-refractivity contribution >= 4 is 29.1 Å². The van der Waals surface area contributed by atoms with E-state index in [2.05, 4.69) is 4.98 Å². The molecule has 0 aliphatic heterocycles. The van der Waals surface area contributed by atoms with Crippen LogP contribution in [0.25, 0.3) is 11.3 Å². The fourth-order valence-electron chi connectivity index (χ4n) is 1.29. The molecule has 2 aromatic rings. The fourth-order valence-corrected chi connectivity index (χ4v) is 3.12. The minimum absolute atomic E-state index is 0.172. The summed E-state index contributed by atoms with van der Waals surface area (Å²) in [6.45, 7) is 0. The van der Waals surface area contributed by atoms with Gasteiger partial charge in [0.2, 0.25) is 0 Å². The van der Waals surface area contributed by atoms with Gasteiger partial charge < -0.3 is 5.11 Å². The average Bonchev–Trinajstić information content (AvgIpc) is 2.78. The number of nitrogens with zero attached hydrogens (tertiary/aromatic N) is 1. The lowest BCUT2D eigenvalue weighted by Crippen LogP contribution is -1.95. The second kappa shape index (κ2) is 5.84. The standard InChI is InChI=1S/C12H11NO2S2/c14-11(15)6-7-16-12-13-10(8-17-12)9-4-2-1-3-5-9/h1-5,8H,6-7H2,(H,14,15). The second-order valence-electron chi connectivity index (χ2n) is 3.36. The van der Waals surface area contributed by atoms with Crippen LogP contribution >= 0.6 is 23.1 Å². The molecule has 0 saturated carbocycles. The molecular weight excluding hydrogens is 254 g/mol. The zero-order valence-electron chi connectivity index (χ0n) is 9.00. The van der Waals surface area contributed by atoms with E-state index in [4.69, 9.17) is 5.11 Å². The van der Waals surface area contributed by atoms with Gasteiger partial charge in [-0.3, -0.25) is 4.79 Å². The van der Waals surface area contributed by atoms with E-state index in [0.717, 1.165) is 15.6 Å². The molecule has 0 aliphatic rings. The molecule has 1 aromatic heterocycles. The lowest BCUT2D eigenvalue weighted by atomic mass is 10.2. The number of thioether (sulfide) groups is 1. The predicted molar refractivity (Wildman–Crippen MR) is 70.5 cm³/mol. The van der Waals surface area contributed by atoms with Crippen molar-refractivity contribution in [2.75, 3.05) is 5.75 Å². The van der Waals surface area contributed by atoms with E-state index in [1.54, 1.807) is 11.3 Å². The monoisotopic (exact) mass is 265 g/mol. The third-order valence-corrected chi connectivity index (χ3v) is 4.12. The van der Waals surface area contributed by atoms with Crippen LogP contribution in [0.4, 0.5) is 0 Å². The molecule has 5 heteroatoms. The zero-order chi connectivity index (χ0) is 12.1. The van der Waals surface area contributed by atoms with Crippen molar-refractivity contribution in [3.8, 4) is 11.3 Å². The van der Waals surface area contributed by atoms with Crippen LogP contribution in [-0.4, -0.2) is 21.8 Å². The molecule has 3 nitrogen and oxygen atoms in total. The van der Waals surface area contributed by atoms with Crippen molar-refractivity contribution in [3.05, 3.63) is 35.7 Å². The highest BCUT2D eigenvalue weighted by Crippen LogP contribution is 2.28. The molecule has 0 fully saturated rings. The Morgan fingerprint density at radius 3 is 2.82 bits per heavy atom. The molecular formula is C12H11NO2S2. The van der Waals surface area contributed by atoms with Gasteiger partial charge in [-0.1, -0.05) is 42.1 Å². The Morgan fingerprint density at radius 1 is 1.35 bits per heavy atom. The van der Waals surface area contributed by atoms with Gasteiger partial charge in [-0.2, -0.15) is 0 Å². The van der Waals surface area contributed by atoms with Crippen LogP contribution in [0.1, 0.15) is 6.42 Å². The summed E-state index contributed by atoms with van der Waals surface area (Å²) in [5, 5.41) is 10.5. The van der Waals surface area contributed by atoms with Crippen molar-refractivity contribution in [1.82, 2.24) is 4.98 Å². The Kier molecular flexibility index (Phi) is 4.17. The minimum Gasteiger partial charge on any atom is -0.481 e. The molecule has 0 saturated heterocycles. The number of rotatable bonds is 5. The Labute approximate surface area is 108 Å². The van der Waals surface area contributed by atoms with Crippen LogP contribution in [0.15, 0.2) is 40.1 Å². The Balaban J connectivity index is 1.99. The largest absolute Gasteiger partial charge is 0.481 e. The first-order valence-electron chi connectivity index (χ1n) is 5.11. The molecule has 88 valence electrons. The third-order valence-electron chi connectivity index (χ3n) is 2.09. The van der Waals surface area contributed by atoms with Gasteiger partial charge in [-0.15, -0.1) is 11.3 Å². The van der Waals surface area contributed by atoms with Crippen molar-refractivity contribution in [2.45, 2.75) is 10.8 Å². The number of thiazole rings is 1. The molecule has 0 atom stereocenters. The first-order valence-corrected chi connectivity index (χ1v) is 6.98. The molecule has 17 heavy (non-hydrogen) atoms. The molecule has 0 unspecified atom stereocenters. The normalized spacial score (nSPS) is 10.4. The van der Waals surface area contributed by atoms with Gasteiger partial charge in [0.1, 0.15) is 0 Å². The number of carboxylic acid groups (broad SMARTS) is 1. The van der Waals surface area contributed by atoms with Crippen LogP contribution in [0, 0.1) is 0 Å². The van der Waals surface area contributed by atoms with Gasteiger partial charge in [-0.05, 0) is 0 Å². The maximum atomic E-state index is 10.4. The zero-order valence-corrected chi connectivity index (χ0v) is 10.6. The van der Waals surface area contributed by atoms with E-state index in [1.165, 1.54) is 11.8 Å². The molecule has 0 bridgehead atoms. The molecule has 2 rings (SSSR count). The quantitative estimate of drug-likeness (QED) is 0.842. The van der Waals surface area contributed by atoms with Gasteiger partial charge in [0.25, 0.3) is 0 Å². The van der Waals surface area contributed by atoms with Gasteiger partial charge in [0, 0.05) is 16.7 Å². The number of carbonyl (C=O) groups is 1. The van der Waals surface area contributed by atoms with E-state index in [-0.39, 0.29) is 6.42 Å². The summed E-state index contributed by atoms with van der Waals surface area (Å²) in [4.78, 5) is 14.9. The summed E-state index contributed by atoms with van der Waals surface area (Å²) >= 11 is 3.05. The Bertz CT molecular complexity index is 496. The van der Waals surface area contributed by atoms with Crippen molar-refractivity contribution in [2.24, 2.45) is 0 Å². The summed E-state index contributed by atoms with van der Waals surface area (Å²) in [6.07, 6.45) is 0.172. The molecule has 0 aliphatic carbocycles. The SMILES string of the molecule is O=C(O)CCSc1nc(-c2ccccc2)cs1.